The number of guanidine groups is 1. The molecule has 2 amide bonds. The molecule has 38 heavy (non-hydrogen) atoms. The number of carbonyl (C=O) groups is 2. The first-order valence-corrected chi connectivity index (χ1v) is 12.5. The zero-order chi connectivity index (χ0) is 26.6. The summed E-state index contributed by atoms with van der Waals surface area (Å²) in [6.07, 6.45) is 2.24. The first kappa shape index (κ1) is 25.0. The van der Waals surface area contributed by atoms with Gasteiger partial charge in [-0.3, -0.25) is 24.4 Å². The number of hydrogen-bond acceptors (Lipinski definition) is 6. The third kappa shape index (κ3) is 5.22. The SMILES string of the molecule is NC1=C(CCCc2ccccc2)C(=O)N(Cc2ccc(C(=O)Nc3ccc(F)cc3N)cc2)C2=NCCN21. The summed E-state index contributed by atoms with van der Waals surface area (Å²) in [5, 5.41) is 2.69. The first-order chi connectivity index (χ1) is 18.4. The van der Waals surface area contributed by atoms with Crippen molar-refractivity contribution in [2.75, 3.05) is 24.1 Å². The molecule has 0 radical (unpaired) electrons. The van der Waals surface area contributed by atoms with Gasteiger partial charge in [0.2, 0.25) is 5.96 Å². The van der Waals surface area contributed by atoms with Crippen molar-refractivity contribution in [2.24, 2.45) is 10.7 Å². The van der Waals surface area contributed by atoms with Gasteiger partial charge in [-0.25, -0.2) is 4.39 Å². The quantitative estimate of drug-likeness (QED) is 0.396. The molecule has 0 atom stereocenters. The monoisotopic (exact) mass is 512 g/mol. The highest BCUT2D eigenvalue weighted by Crippen LogP contribution is 2.27. The Balaban J connectivity index is 1.27. The van der Waals surface area contributed by atoms with Gasteiger partial charge in [-0.2, -0.15) is 0 Å². The maximum absolute atomic E-state index is 13.5. The predicted molar refractivity (Wildman–Crippen MR) is 145 cm³/mol. The van der Waals surface area contributed by atoms with Gasteiger partial charge in [0.1, 0.15) is 11.6 Å². The summed E-state index contributed by atoms with van der Waals surface area (Å²) in [4.78, 5) is 34.3. The molecule has 2 aliphatic heterocycles. The van der Waals surface area contributed by atoms with Crippen LogP contribution in [0, 0.1) is 5.82 Å². The van der Waals surface area contributed by atoms with Gasteiger partial charge in [0, 0.05) is 12.1 Å². The molecule has 3 aromatic rings. The second-order valence-electron chi connectivity index (χ2n) is 9.31. The van der Waals surface area contributed by atoms with E-state index in [-0.39, 0.29) is 17.5 Å². The third-order valence-corrected chi connectivity index (χ3v) is 6.72. The molecule has 2 aliphatic rings. The van der Waals surface area contributed by atoms with Crippen LogP contribution in [0.5, 0.6) is 0 Å². The number of halogens is 1. The van der Waals surface area contributed by atoms with Crippen LogP contribution in [-0.2, 0) is 17.8 Å². The van der Waals surface area contributed by atoms with Crippen LogP contribution < -0.4 is 16.8 Å². The second kappa shape index (κ2) is 10.8. The van der Waals surface area contributed by atoms with E-state index in [1.807, 2.05) is 23.1 Å². The molecule has 0 bridgehead atoms. The van der Waals surface area contributed by atoms with E-state index in [4.69, 9.17) is 11.5 Å². The number of nitrogens with zero attached hydrogens (tertiary/aromatic N) is 3. The van der Waals surface area contributed by atoms with Crippen molar-refractivity contribution in [1.82, 2.24) is 9.80 Å². The first-order valence-electron chi connectivity index (χ1n) is 12.5. The maximum Gasteiger partial charge on any atom is 0.260 e. The van der Waals surface area contributed by atoms with Crippen LogP contribution in [0.2, 0.25) is 0 Å². The number of anilines is 2. The third-order valence-electron chi connectivity index (χ3n) is 6.72. The number of nitrogen functional groups attached to an aromatic ring is 1. The lowest BCUT2D eigenvalue weighted by Crippen LogP contribution is -2.51. The Morgan fingerprint density at radius 1 is 0.974 bits per heavy atom. The lowest BCUT2D eigenvalue weighted by atomic mass is 10.0. The molecule has 0 saturated heterocycles. The lowest BCUT2D eigenvalue weighted by Gasteiger charge is -2.36. The lowest BCUT2D eigenvalue weighted by molar-refractivity contribution is -0.125. The topological polar surface area (TPSA) is 117 Å². The Morgan fingerprint density at radius 3 is 2.47 bits per heavy atom. The molecule has 0 spiro atoms. The van der Waals surface area contributed by atoms with Crippen molar-refractivity contribution in [2.45, 2.75) is 25.8 Å². The maximum atomic E-state index is 13.5. The van der Waals surface area contributed by atoms with Gasteiger partial charge in [-0.15, -0.1) is 0 Å². The van der Waals surface area contributed by atoms with E-state index in [1.165, 1.54) is 17.7 Å². The van der Waals surface area contributed by atoms with Crippen molar-refractivity contribution >= 4 is 29.1 Å². The van der Waals surface area contributed by atoms with Gasteiger partial charge >= 0.3 is 0 Å². The summed E-state index contributed by atoms with van der Waals surface area (Å²) >= 11 is 0. The summed E-state index contributed by atoms with van der Waals surface area (Å²) in [6.45, 7) is 1.51. The fourth-order valence-corrected chi connectivity index (χ4v) is 4.70. The van der Waals surface area contributed by atoms with Crippen molar-refractivity contribution in [3.8, 4) is 0 Å². The van der Waals surface area contributed by atoms with E-state index in [0.29, 0.717) is 54.7 Å². The molecule has 0 aliphatic carbocycles. The van der Waals surface area contributed by atoms with Gasteiger partial charge in [-0.1, -0.05) is 42.5 Å². The summed E-state index contributed by atoms with van der Waals surface area (Å²) in [7, 11) is 0. The summed E-state index contributed by atoms with van der Waals surface area (Å²) < 4.78 is 13.3. The Morgan fingerprint density at radius 2 is 1.74 bits per heavy atom. The zero-order valence-corrected chi connectivity index (χ0v) is 20.9. The van der Waals surface area contributed by atoms with Crippen molar-refractivity contribution in [3.63, 3.8) is 0 Å². The zero-order valence-electron chi connectivity index (χ0n) is 20.9. The molecule has 9 heteroatoms. The van der Waals surface area contributed by atoms with Crippen LogP contribution in [0.4, 0.5) is 15.8 Å². The van der Waals surface area contributed by atoms with E-state index in [9.17, 15) is 14.0 Å². The predicted octanol–water partition coefficient (Wildman–Crippen LogP) is 3.87. The summed E-state index contributed by atoms with van der Waals surface area (Å²) in [6, 6.07) is 20.9. The van der Waals surface area contributed by atoms with Crippen LogP contribution in [0.1, 0.15) is 34.3 Å². The number of hydrogen-bond donors (Lipinski definition) is 3. The summed E-state index contributed by atoms with van der Waals surface area (Å²) in [5.74, 6) is 0.0711. The molecule has 0 aromatic heterocycles. The van der Waals surface area contributed by atoms with Crippen LogP contribution in [-0.4, -0.2) is 40.7 Å². The highest BCUT2D eigenvalue weighted by molar-refractivity contribution is 6.09. The van der Waals surface area contributed by atoms with Gasteiger partial charge in [0.05, 0.1) is 30.0 Å². The molecule has 8 nitrogen and oxygen atoms in total. The number of nitrogens with two attached hydrogens (primary N) is 2. The molecule has 0 saturated carbocycles. The van der Waals surface area contributed by atoms with Crippen molar-refractivity contribution < 1.29 is 14.0 Å². The minimum absolute atomic E-state index is 0.138. The van der Waals surface area contributed by atoms with E-state index in [0.717, 1.165) is 24.5 Å². The van der Waals surface area contributed by atoms with E-state index < -0.39 is 5.82 Å². The van der Waals surface area contributed by atoms with E-state index >= 15 is 0 Å². The molecule has 5 N–H and O–H groups in total. The molecule has 2 heterocycles. The average molecular weight is 513 g/mol. The van der Waals surface area contributed by atoms with Crippen LogP contribution in [0.15, 0.2) is 89.2 Å². The number of rotatable bonds is 8. The second-order valence-corrected chi connectivity index (χ2v) is 9.31. The Kier molecular flexibility index (Phi) is 7.08. The van der Waals surface area contributed by atoms with Gasteiger partial charge in [0.25, 0.3) is 11.8 Å². The average Bonchev–Trinajstić information content (AvgIpc) is 3.41. The number of nitrogens with one attached hydrogen (secondary N) is 1. The van der Waals surface area contributed by atoms with E-state index in [1.54, 1.807) is 29.2 Å². The fourth-order valence-electron chi connectivity index (χ4n) is 4.70. The molecule has 3 aromatic carbocycles. The van der Waals surface area contributed by atoms with Crippen LogP contribution in [0.3, 0.4) is 0 Å². The number of aliphatic imine (C=N–C) groups is 1. The highest BCUT2D eigenvalue weighted by Gasteiger charge is 2.37. The minimum atomic E-state index is -0.474. The largest absolute Gasteiger partial charge is 0.397 e. The fraction of sp³-hybridized carbons (Fsp3) is 0.207. The Bertz CT molecular complexity index is 1420. The molecule has 194 valence electrons. The summed E-state index contributed by atoms with van der Waals surface area (Å²) in [5.41, 5.74) is 15.8. The number of benzene rings is 3. The number of carbonyl (C=O) groups excluding carboxylic acids is 2. The number of fused-ring (bicyclic) bond motifs is 1. The van der Waals surface area contributed by atoms with Crippen LogP contribution >= 0.6 is 0 Å². The molecular formula is C29H29FN6O2. The van der Waals surface area contributed by atoms with Gasteiger partial charge in [-0.05, 0) is 60.7 Å². The number of aryl methyl sites for hydroxylation is 1. The molecular weight excluding hydrogens is 483 g/mol. The molecule has 0 unspecified atom stereocenters. The van der Waals surface area contributed by atoms with Crippen molar-refractivity contribution in [1.29, 1.82) is 0 Å². The normalized spacial score (nSPS) is 15.0. The van der Waals surface area contributed by atoms with Crippen LogP contribution in [0.25, 0.3) is 0 Å². The number of amides is 2. The Hall–Kier alpha value is -4.66. The van der Waals surface area contributed by atoms with Gasteiger partial charge < -0.3 is 16.8 Å². The Labute approximate surface area is 220 Å². The van der Waals surface area contributed by atoms with E-state index in [2.05, 4.69) is 22.4 Å². The standard InChI is InChI=1S/C29H29FN6O2/c30-22-13-14-25(24(31)17-22)34-27(37)21-11-9-20(10-12-21)18-36-28(38)23(26(32)35-16-15-33-29(35)36)8-4-7-19-5-2-1-3-6-19/h1-3,5-6,9-14,17H,4,7-8,15-16,18,31-32H2,(H,34,37). The minimum Gasteiger partial charge on any atom is -0.397 e. The smallest absolute Gasteiger partial charge is 0.260 e. The molecule has 0 fully saturated rings. The molecule has 5 rings (SSSR count). The highest BCUT2D eigenvalue weighted by atomic mass is 19.1. The van der Waals surface area contributed by atoms with Crippen molar-refractivity contribution in [3.05, 3.63) is 107 Å². The van der Waals surface area contributed by atoms with Gasteiger partial charge in [0.15, 0.2) is 0 Å².